The van der Waals surface area contributed by atoms with E-state index in [9.17, 15) is 0 Å². The highest BCUT2D eigenvalue weighted by Crippen LogP contribution is 2.25. The number of rotatable bonds is 6. The van der Waals surface area contributed by atoms with Crippen LogP contribution in [0.4, 0.5) is 0 Å². The lowest BCUT2D eigenvalue weighted by atomic mass is 9.89. The molecule has 0 bridgehead atoms. The Hall–Kier alpha value is -0.870. The first kappa shape index (κ1) is 14.5. The van der Waals surface area contributed by atoms with Gasteiger partial charge in [0.2, 0.25) is 0 Å². The lowest BCUT2D eigenvalue weighted by Crippen LogP contribution is -2.41. The van der Waals surface area contributed by atoms with Gasteiger partial charge in [0.15, 0.2) is 0 Å². The third-order valence-corrected chi connectivity index (χ3v) is 4.41. The third kappa shape index (κ3) is 3.80. The van der Waals surface area contributed by atoms with Crippen molar-refractivity contribution >= 4 is 0 Å². The van der Waals surface area contributed by atoms with Crippen molar-refractivity contribution in [1.82, 2.24) is 15.5 Å². The van der Waals surface area contributed by atoms with Crippen LogP contribution in [0.5, 0.6) is 0 Å². The van der Waals surface area contributed by atoms with Crippen molar-refractivity contribution in [3.63, 3.8) is 0 Å². The summed E-state index contributed by atoms with van der Waals surface area (Å²) in [5, 5.41) is 10.7. The minimum absolute atomic E-state index is 0.437. The van der Waals surface area contributed by atoms with Gasteiger partial charge in [0.1, 0.15) is 0 Å². The van der Waals surface area contributed by atoms with Crippen LogP contribution >= 0.6 is 0 Å². The van der Waals surface area contributed by atoms with E-state index in [1.165, 1.54) is 18.4 Å². The first-order valence-electron chi connectivity index (χ1n) is 7.58. The van der Waals surface area contributed by atoms with Gasteiger partial charge < -0.3 is 10.1 Å². The molecule has 108 valence electrons. The molecule has 1 aromatic rings. The summed E-state index contributed by atoms with van der Waals surface area (Å²) in [4.78, 5) is 0. The van der Waals surface area contributed by atoms with Crippen molar-refractivity contribution in [3.8, 4) is 0 Å². The number of aromatic nitrogens is 2. The number of aryl methyl sites for hydroxylation is 1. The van der Waals surface area contributed by atoms with E-state index in [0.29, 0.717) is 18.1 Å². The molecule has 0 spiro atoms. The van der Waals surface area contributed by atoms with Crippen molar-refractivity contribution in [3.05, 3.63) is 17.5 Å². The normalized spacial score (nSPS) is 24.0. The van der Waals surface area contributed by atoms with E-state index in [4.69, 9.17) is 4.74 Å². The zero-order valence-corrected chi connectivity index (χ0v) is 12.4. The van der Waals surface area contributed by atoms with Crippen LogP contribution in [0.25, 0.3) is 0 Å². The first-order valence-corrected chi connectivity index (χ1v) is 7.58. The van der Waals surface area contributed by atoms with Gasteiger partial charge in [-0.15, -0.1) is 0 Å². The van der Waals surface area contributed by atoms with Gasteiger partial charge in [-0.3, -0.25) is 5.10 Å². The molecular weight excluding hydrogens is 238 g/mol. The third-order valence-electron chi connectivity index (χ3n) is 4.41. The highest BCUT2D eigenvalue weighted by molar-refractivity contribution is 5.13. The molecule has 0 radical (unpaired) electrons. The average molecular weight is 265 g/mol. The molecule has 19 heavy (non-hydrogen) atoms. The lowest BCUT2D eigenvalue weighted by molar-refractivity contribution is -0.0350. The molecule has 1 saturated heterocycles. The average Bonchev–Trinajstić information content (AvgIpc) is 2.84. The number of hydrogen-bond donors (Lipinski definition) is 2. The molecule has 2 heterocycles. The van der Waals surface area contributed by atoms with Crippen LogP contribution < -0.4 is 5.32 Å². The quantitative estimate of drug-likeness (QED) is 0.831. The minimum atomic E-state index is 0.437. The number of ether oxygens (including phenoxy) is 1. The van der Waals surface area contributed by atoms with Crippen LogP contribution in [0, 0.1) is 12.8 Å². The van der Waals surface area contributed by atoms with Crippen molar-refractivity contribution < 1.29 is 4.74 Å². The SMILES string of the molecule is CCC(CC)[C@H]1C[C@@H](NCc2cn[nH]c2C)CCO1. The van der Waals surface area contributed by atoms with E-state index in [1.807, 2.05) is 6.20 Å². The standard InChI is InChI=1S/C15H27N3O/c1-4-12(5-2)15-8-14(6-7-19-15)16-9-13-10-17-18-11(13)3/h10,12,14-16H,4-9H2,1-3H3,(H,17,18)/t14-,15+/m0/s1. The van der Waals surface area contributed by atoms with Gasteiger partial charge in [0, 0.05) is 30.5 Å². The fraction of sp³-hybridized carbons (Fsp3) is 0.800. The van der Waals surface area contributed by atoms with Gasteiger partial charge in [0.05, 0.1) is 12.3 Å². The Morgan fingerprint density at radius 1 is 1.47 bits per heavy atom. The van der Waals surface area contributed by atoms with Crippen LogP contribution in [-0.2, 0) is 11.3 Å². The molecule has 2 atom stereocenters. The highest BCUT2D eigenvalue weighted by Gasteiger charge is 2.27. The molecule has 2 rings (SSSR count). The highest BCUT2D eigenvalue weighted by atomic mass is 16.5. The Morgan fingerprint density at radius 3 is 2.89 bits per heavy atom. The summed E-state index contributed by atoms with van der Waals surface area (Å²) < 4.78 is 5.95. The van der Waals surface area contributed by atoms with Crippen molar-refractivity contribution in [2.24, 2.45) is 5.92 Å². The summed E-state index contributed by atoms with van der Waals surface area (Å²) >= 11 is 0. The van der Waals surface area contributed by atoms with Gasteiger partial charge in [0.25, 0.3) is 0 Å². The van der Waals surface area contributed by atoms with Crippen LogP contribution in [-0.4, -0.2) is 29.0 Å². The molecule has 0 saturated carbocycles. The predicted molar refractivity (Wildman–Crippen MR) is 77.0 cm³/mol. The maximum atomic E-state index is 5.95. The Kier molecular flexibility index (Phi) is 5.40. The summed E-state index contributed by atoms with van der Waals surface area (Å²) in [7, 11) is 0. The second kappa shape index (κ2) is 7.06. The molecule has 2 N–H and O–H groups in total. The minimum Gasteiger partial charge on any atom is -0.378 e. The van der Waals surface area contributed by atoms with Gasteiger partial charge in [-0.2, -0.15) is 5.10 Å². The molecule has 0 aromatic carbocycles. The summed E-state index contributed by atoms with van der Waals surface area (Å²) in [5.41, 5.74) is 2.43. The maximum Gasteiger partial charge on any atom is 0.0617 e. The number of H-pyrrole nitrogens is 1. The lowest BCUT2D eigenvalue weighted by Gasteiger charge is -2.34. The molecular formula is C15H27N3O. The Labute approximate surface area is 116 Å². The molecule has 1 aliphatic heterocycles. The van der Waals surface area contributed by atoms with Gasteiger partial charge in [-0.1, -0.05) is 26.7 Å². The number of nitrogens with one attached hydrogen (secondary N) is 2. The maximum absolute atomic E-state index is 5.95. The molecule has 1 fully saturated rings. The van der Waals surface area contributed by atoms with Gasteiger partial charge in [-0.25, -0.2) is 0 Å². The molecule has 1 aromatic heterocycles. The second-order valence-corrected chi connectivity index (χ2v) is 5.61. The monoisotopic (exact) mass is 265 g/mol. The Balaban J connectivity index is 1.82. The Morgan fingerprint density at radius 2 is 2.26 bits per heavy atom. The zero-order chi connectivity index (χ0) is 13.7. The predicted octanol–water partition coefficient (Wildman–Crippen LogP) is 2.79. The summed E-state index contributed by atoms with van der Waals surface area (Å²) in [6.45, 7) is 8.40. The second-order valence-electron chi connectivity index (χ2n) is 5.61. The fourth-order valence-electron chi connectivity index (χ4n) is 2.96. The van der Waals surface area contributed by atoms with Crippen molar-refractivity contribution in [2.75, 3.05) is 6.61 Å². The van der Waals surface area contributed by atoms with E-state index in [-0.39, 0.29) is 0 Å². The molecule has 4 heteroatoms. The van der Waals surface area contributed by atoms with Crippen molar-refractivity contribution in [1.29, 1.82) is 0 Å². The van der Waals surface area contributed by atoms with Gasteiger partial charge in [-0.05, 0) is 25.7 Å². The number of aromatic amines is 1. The van der Waals surface area contributed by atoms with Crippen molar-refractivity contribution in [2.45, 2.75) is 65.1 Å². The molecule has 0 amide bonds. The van der Waals surface area contributed by atoms with E-state index < -0.39 is 0 Å². The van der Waals surface area contributed by atoms with Crippen LogP contribution in [0.3, 0.4) is 0 Å². The summed E-state index contributed by atoms with van der Waals surface area (Å²) in [6, 6.07) is 0.577. The number of nitrogens with zero attached hydrogens (tertiary/aromatic N) is 1. The van der Waals surface area contributed by atoms with Gasteiger partial charge >= 0.3 is 0 Å². The van der Waals surface area contributed by atoms with E-state index in [2.05, 4.69) is 36.3 Å². The summed E-state index contributed by atoms with van der Waals surface area (Å²) in [6.07, 6.45) is 7.05. The topological polar surface area (TPSA) is 49.9 Å². The smallest absolute Gasteiger partial charge is 0.0617 e. The van der Waals surface area contributed by atoms with E-state index in [1.54, 1.807) is 0 Å². The van der Waals surface area contributed by atoms with E-state index >= 15 is 0 Å². The van der Waals surface area contributed by atoms with Crippen LogP contribution in [0.2, 0.25) is 0 Å². The Bertz CT molecular complexity index is 373. The van der Waals surface area contributed by atoms with Crippen LogP contribution in [0.15, 0.2) is 6.20 Å². The molecule has 0 aliphatic carbocycles. The molecule has 4 nitrogen and oxygen atoms in total. The van der Waals surface area contributed by atoms with E-state index in [0.717, 1.165) is 31.7 Å². The van der Waals surface area contributed by atoms with Crippen LogP contribution in [0.1, 0.15) is 50.8 Å². The molecule has 0 unspecified atom stereocenters. The zero-order valence-electron chi connectivity index (χ0n) is 12.4. The number of hydrogen-bond acceptors (Lipinski definition) is 3. The summed E-state index contributed by atoms with van der Waals surface area (Å²) in [5.74, 6) is 0.709. The first-order chi connectivity index (χ1) is 9.24. The fourth-order valence-corrected chi connectivity index (χ4v) is 2.96. The largest absolute Gasteiger partial charge is 0.378 e. The molecule has 1 aliphatic rings.